The number of rotatable bonds is 6. The molecule has 164 valence electrons. The van der Waals surface area contributed by atoms with Crippen LogP contribution in [0.1, 0.15) is 18.2 Å². The van der Waals surface area contributed by atoms with Crippen molar-refractivity contribution in [2.24, 2.45) is 0 Å². The summed E-state index contributed by atoms with van der Waals surface area (Å²) in [6.45, 7) is 5.46. The second kappa shape index (κ2) is 10.3. The van der Waals surface area contributed by atoms with Crippen molar-refractivity contribution in [2.45, 2.75) is 13.5 Å². The number of carbonyl (C=O) groups is 2. The third kappa shape index (κ3) is 5.46. The summed E-state index contributed by atoms with van der Waals surface area (Å²) in [6.07, 6.45) is 6.89. The summed E-state index contributed by atoms with van der Waals surface area (Å²) in [5, 5.41) is 2.44. The first kappa shape index (κ1) is 21.9. The molecule has 7 nitrogen and oxygen atoms in total. The normalized spacial score (nSPS) is 14.6. The Balaban J connectivity index is 1.33. The van der Waals surface area contributed by atoms with Gasteiger partial charge in [0.25, 0.3) is 0 Å². The predicted octanol–water partition coefficient (Wildman–Crippen LogP) is 3.58. The minimum absolute atomic E-state index is 0.0189. The van der Waals surface area contributed by atoms with Crippen LogP contribution in [0.2, 0.25) is 0 Å². The lowest BCUT2D eigenvalue weighted by Crippen LogP contribution is -2.47. The molecule has 8 heteroatoms. The highest BCUT2D eigenvalue weighted by atomic mass is 32.1. The van der Waals surface area contributed by atoms with Gasteiger partial charge in [0.1, 0.15) is 0 Å². The van der Waals surface area contributed by atoms with E-state index in [1.54, 1.807) is 29.4 Å². The number of para-hydroxylation sites is 1. The largest absolute Gasteiger partial charge is 0.337 e. The Morgan fingerprint density at radius 1 is 1.06 bits per heavy atom. The number of hydrogen-bond donors (Lipinski definition) is 0. The molecule has 0 atom stereocenters. The number of piperazine rings is 1. The molecular weight excluding hydrogens is 422 g/mol. The topological polar surface area (TPSA) is 69.6 Å². The Labute approximate surface area is 191 Å². The zero-order chi connectivity index (χ0) is 22.3. The van der Waals surface area contributed by atoms with Crippen molar-refractivity contribution in [1.82, 2.24) is 19.8 Å². The van der Waals surface area contributed by atoms with Crippen molar-refractivity contribution in [3.63, 3.8) is 0 Å². The molecule has 1 aromatic carbocycles. The fraction of sp³-hybridized carbons (Fsp3) is 0.250. The van der Waals surface area contributed by atoms with E-state index in [0.717, 1.165) is 25.3 Å². The molecule has 32 heavy (non-hydrogen) atoms. The predicted molar refractivity (Wildman–Crippen MR) is 127 cm³/mol. The summed E-state index contributed by atoms with van der Waals surface area (Å²) < 4.78 is 0. The summed E-state index contributed by atoms with van der Waals surface area (Å²) >= 11 is 1.38. The Morgan fingerprint density at radius 3 is 2.47 bits per heavy atom. The Bertz CT molecular complexity index is 1080. The second-order valence-electron chi connectivity index (χ2n) is 7.54. The maximum atomic E-state index is 12.6. The first-order valence-corrected chi connectivity index (χ1v) is 11.4. The Kier molecular flexibility index (Phi) is 7.03. The van der Waals surface area contributed by atoms with Crippen molar-refractivity contribution < 1.29 is 9.59 Å². The van der Waals surface area contributed by atoms with Gasteiger partial charge in [0, 0.05) is 63.5 Å². The maximum Gasteiger partial charge on any atom is 0.246 e. The van der Waals surface area contributed by atoms with E-state index in [4.69, 9.17) is 0 Å². The van der Waals surface area contributed by atoms with Gasteiger partial charge in [-0.25, -0.2) is 4.98 Å². The Hall–Kier alpha value is -3.36. The molecule has 0 saturated carbocycles. The highest BCUT2D eigenvalue weighted by molar-refractivity contribution is 7.14. The van der Waals surface area contributed by atoms with E-state index in [1.165, 1.54) is 23.8 Å². The number of nitrogens with zero attached hydrogens (tertiary/aromatic N) is 5. The van der Waals surface area contributed by atoms with Crippen LogP contribution in [0.3, 0.4) is 0 Å². The van der Waals surface area contributed by atoms with Crippen LogP contribution >= 0.6 is 11.3 Å². The highest BCUT2D eigenvalue weighted by Crippen LogP contribution is 2.29. The number of hydrogen-bond acceptors (Lipinski definition) is 6. The molecule has 4 rings (SSSR count). The van der Waals surface area contributed by atoms with Gasteiger partial charge in [-0.2, -0.15) is 0 Å². The van der Waals surface area contributed by atoms with E-state index in [2.05, 4.69) is 14.9 Å². The molecule has 0 radical (unpaired) electrons. The standard InChI is InChI=1S/C24H25N5O2S/c1-19(30)29(22-5-3-2-4-6-22)24-26-21(18-32-24)7-8-23(31)28-15-13-27(14-16-28)17-20-9-11-25-12-10-20/h2-12,18H,13-17H2,1H3. The van der Waals surface area contributed by atoms with E-state index in [1.807, 2.05) is 52.7 Å². The zero-order valence-electron chi connectivity index (χ0n) is 17.9. The van der Waals surface area contributed by atoms with Gasteiger partial charge in [-0.15, -0.1) is 11.3 Å². The summed E-state index contributed by atoms with van der Waals surface area (Å²) in [4.78, 5) is 39.2. The van der Waals surface area contributed by atoms with Crippen molar-refractivity contribution >= 4 is 40.0 Å². The molecule has 0 spiro atoms. The summed E-state index contributed by atoms with van der Waals surface area (Å²) in [5.74, 6) is -0.128. The number of aromatic nitrogens is 2. The van der Waals surface area contributed by atoms with Crippen LogP contribution in [0.4, 0.5) is 10.8 Å². The summed E-state index contributed by atoms with van der Waals surface area (Å²) in [7, 11) is 0. The number of amides is 2. The van der Waals surface area contributed by atoms with E-state index >= 15 is 0 Å². The molecule has 0 unspecified atom stereocenters. The number of carbonyl (C=O) groups excluding carboxylic acids is 2. The third-order valence-corrected chi connectivity index (χ3v) is 6.11. The van der Waals surface area contributed by atoms with Crippen molar-refractivity contribution in [3.05, 3.63) is 77.6 Å². The van der Waals surface area contributed by atoms with Gasteiger partial charge in [0.05, 0.1) is 11.4 Å². The average molecular weight is 448 g/mol. The molecule has 1 aliphatic rings. The minimum Gasteiger partial charge on any atom is -0.337 e. The molecule has 1 aliphatic heterocycles. The monoisotopic (exact) mass is 447 g/mol. The summed E-state index contributed by atoms with van der Waals surface area (Å²) in [5.41, 5.74) is 2.66. The molecule has 1 fully saturated rings. The van der Waals surface area contributed by atoms with Crippen LogP contribution in [0, 0.1) is 0 Å². The molecule has 3 heterocycles. The molecule has 2 aromatic heterocycles. The lowest BCUT2D eigenvalue weighted by molar-refractivity contribution is -0.127. The molecule has 0 aliphatic carbocycles. The molecule has 2 amide bonds. The average Bonchev–Trinajstić information content (AvgIpc) is 3.27. The van der Waals surface area contributed by atoms with Gasteiger partial charge in [0.2, 0.25) is 11.8 Å². The van der Waals surface area contributed by atoms with Crippen molar-refractivity contribution in [3.8, 4) is 0 Å². The number of pyridine rings is 1. The van der Waals surface area contributed by atoms with Crippen LogP contribution in [0.25, 0.3) is 6.08 Å². The van der Waals surface area contributed by atoms with E-state index < -0.39 is 0 Å². The van der Waals surface area contributed by atoms with E-state index in [0.29, 0.717) is 23.9 Å². The molecule has 3 aromatic rings. The lowest BCUT2D eigenvalue weighted by Gasteiger charge is -2.34. The second-order valence-corrected chi connectivity index (χ2v) is 8.37. The van der Waals surface area contributed by atoms with Gasteiger partial charge in [-0.1, -0.05) is 18.2 Å². The van der Waals surface area contributed by atoms with E-state index in [-0.39, 0.29) is 11.8 Å². The molecule has 1 saturated heterocycles. The fourth-order valence-corrected chi connectivity index (χ4v) is 4.45. The van der Waals surface area contributed by atoms with Gasteiger partial charge in [0.15, 0.2) is 5.13 Å². The van der Waals surface area contributed by atoms with Gasteiger partial charge in [-0.05, 0) is 35.9 Å². The molecular formula is C24H25N5O2S. The highest BCUT2D eigenvalue weighted by Gasteiger charge is 2.20. The van der Waals surface area contributed by atoms with Crippen LogP contribution in [-0.2, 0) is 16.1 Å². The quantitative estimate of drug-likeness (QED) is 0.540. The van der Waals surface area contributed by atoms with Crippen LogP contribution in [0.5, 0.6) is 0 Å². The number of anilines is 2. The van der Waals surface area contributed by atoms with Gasteiger partial charge in [-0.3, -0.25) is 24.4 Å². The number of benzene rings is 1. The van der Waals surface area contributed by atoms with Crippen LogP contribution in [0.15, 0.2) is 66.3 Å². The Morgan fingerprint density at radius 2 is 1.78 bits per heavy atom. The van der Waals surface area contributed by atoms with Crippen molar-refractivity contribution in [2.75, 3.05) is 31.1 Å². The van der Waals surface area contributed by atoms with Crippen LogP contribution < -0.4 is 4.90 Å². The number of thiazole rings is 1. The SMILES string of the molecule is CC(=O)N(c1ccccc1)c1nc(C=CC(=O)N2CCN(Cc3ccncc3)CC2)cs1. The van der Waals surface area contributed by atoms with Crippen LogP contribution in [-0.4, -0.2) is 57.8 Å². The lowest BCUT2D eigenvalue weighted by atomic mass is 10.2. The van der Waals surface area contributed by atoms with Gasteiger partial charge >= 0.3 is 0 Å². The van der Waals surface area contributed by atoms with Gasteiger partial charge < -0.3 is 4.90 Å². The maximum absolute atomic E-state index is 12.6. The third-order valence-electron chi connectivity index (χ3n) is 5.27. The van der Waals surface area contributed by atoms with Crippen molar-refractivity contribution in [1.29, 1.82) is 0 Å². The van der Waals surface area contributed by atoms with E-state index in [9.17, 15) is 9.59 Å². The zero-order valence-corrected chi connectivity index (χ0v) is 18.7. The fourth-order valence-electron chi connectivity index (χ4n) is 3.59. The molecule has 0 bridgehead atoms. The minimum atomic E-state index is -0.109. The smallest absolute Gasteiger partial charge is 0.246 e. The first-order chi connectivity index (χ1) is 15.6. The molecule has 0 N–H and O–H groups in total. The first-order valence-electron chi connectivity index (χ1n) is 10.5. The summed E-state index contributed by atoms with van der Waals surface area (Å²) in [6, 6.07) is 13.5.